The monoisotopic (exact) mass is 152 g/mol. The largest absolute Gasteiger partial charge is 0.522 e. The van der Waals surface area contributed by atoms with E-state index in [-0.39, 0.29) is 6.42 Å². The lowest BCUT2D eigenvalue weighted by atomic mass is 10.3. The zero-order chi connectivity index (χ0) is 8.04. The SMILES string of the molecule is N#CC[CH]COC(F)(F)F. The van der Waals surface area contributed by atoms with Crippen molar-refractivity contribution in [3.63, 3.8) is 0 Å². The van der Waals surface area contributed by atoms with Crippen molar-refractivity contribution in [2.45, 2.75) is 12.8 Å². The van der Waals surface area contributed by atoms with Gasteiger partial charge in [-0.25, -0.2) is 0 Å². The predicted molar refractivity (Wildman–Crippen MR) is 26.5 cm³/mol. The fraction of sp³-hybridized carbons (Fsp3) is 0.600. The molecule has 0 aliphatic heterocycles. The minimum Gasteiger partial charge on any atom is -0.292 e. The third-order valence-corrected chi connectivity index (χ3v) is 0.600. The van der Waals surface area contributed by atoms with Crippen LogP contribution in [-0.2, 0) is 4.74 Å². The van der Waals surface area contributed by atoms with E-state index in [2.05, 4.69) is 4.74 Å². The average molecular weight is 152 g/mol. The van der Waals surface area contributed by atoms with Gasteiger partial charge in [0.25, 0.3) is 0 Å². The molecule has 0 unspecified atom stereocenters. The van der Waals surface area contributed by atoms with Gasteiger partial charge in [0.1, 0.15) is 0 Å². The Morgan fingerprint density at radius 2 is 2.10 bits per heavy atom. The molecule has 57 valence electrons. The molecule has 0 fully saturated rings. The van der Waals surface area contributed by atoms with Crippen LogP contribution in [0.15, 0.2) is 0 Å². The summed E-state index contributed by atoms with van der Waals surface area (Å²) in [5, 5.41) is 7.88. The van der Waals surface area contributed by atoms with Gasteiger partial charge in [-0.2, -0.15) is 5.26 Å². The lowest BCUT2D eigenvalue weighted by Gasteiger charge is -2.04. The maximum Gasteiger partial charge on any atom is 0.522 e. The Balaban J connectivity index is 3.14. The van der Waals surface area contributed by atoms with Crippen LogP contribution in [0.4, 0.5) is 13.2 Å². The first-order valence-electron chi connectivity index (χ1n) is 2.45. The molecule has 0 aromatic heterocycles. The highest BCUT2D eigenvalue weighted by Gasteiger charge is 2.28. The van der Waals surface area contributed by atoms with Gasteiger partial charge in [-0.1, -0.05) is 0 Å². The van der Waals surface area contributed by atoms with Crippen molar-refractivity contribution in [3.8, 4) is 6.07 Å². The van der Waals surface area contributed by atoms with Crippen LogP contribution in [0.5, 0.6) is 0 Å². The maximum absolute atomic E-state index is 11.2. The van der Waals surface area contributed by atoms with Crippen molar-refractivity contribution in [1.29, 1.82) is 5.26 Å². The van der Waals surface area contributed by atoms with Gasteiger partial charge in [0.2, 0.25) is 0 Å². The third-order valence-electron chi connectivity index (χ3n) is 0.600. The van der Waals surface area contributed by atoms with Gasteiger partial charge in [-0.15, -0.1) is 13.2 Å². The fourth-order valence-electron chi connectivity index (χ4n) is 0.277. The summed E-state index contributed by atoms with van der Waals surface area (Å²) in [7, 11) is 0. The number of rotatable bonds is 3. The van der Waals surface area contributed by atoms with Crippen molar-refractivity contribution in [2.24, 2.45) is 0 Å². The standard InChI is InChI=1S/C5H5F3NO/c6-5(7,8)10-4-2-1-3-9/h2H,1,4H2. The lowest BCUT2D eigenvalue weighted by Crippen LogP contribution is -2.14. The van der Waals surface area contributed by atoms with Crippen LogP contribution in [-0.4, -0.2) is 13.0 Å². The normalized spacial score (nSPS) is 11.0. The maximum atomic E-state index is 11.2. The molecule has 0 aromatic carbocycles. The molecule has 5 heteroatoms. The molecular formula is C5H5F3NO. The quantitative estimate of drug-likeness (QED) is 0.576. The average Bonchev–Trinajstić information content (AvgIpc) is 1.78. The number of nitriles is 1. The highest BCUT2D eigenvalue weighted by molar-refractivity contribution is 4.80. The van der Waals surface area contributed by atoms with E-state index in [1.165, 1.54) is 0 Å². The Morgan fingerprint density at radius 3 is 2.50 bits per heavy atom. The van der Waals surface area contributed by atoms with Gasteiger partial charge in [0, 0.05) is 12.8 Å². The third kappa shape index (κ3) is 7.24. The molecule has 10 heavy (non-hydrogen) atoms. The van der Waals surface area contributed by atoms with Crippen LogP contribution in [0.2, 0.25) is 0 Å². The molecule has 0 atom stereocenters. The van der Waals surface area contributed by atoms with E-state index in [0.717, 1.165) is 6.42 Å². The Kier molecular flexibility index (Phi) is 3.81. The Hall–Kier alpha value is -0.760. The van der Waals surface area contributed by atoms with Gasteiger partial charge < -0.3 is 0 Å². The minimum absolute atomic E-state index is 0.0317. The summed E-state index contributed by atoms with van der Waals surface area (Å²) >= 11 is 0. The van der Waals surface area contributed by atoms with E-state index in [9.17, 15) is 13.2 Å². The second-order valence-corrected chi connectivity index (χ2v) is 1.41. The minimum atomic E-state index is -4.59. The number of halogens is 3. The van der Waals surface area contributed by atoms with Crippen LogP contribution in [0, 0.1) is 17.8 Å². The Labute approximate surface area is 56.2 Å². The lowest BCUT2D eigenvalue weighted by molar-refractivity contribution is -0.321. The summed E-state index contributed by atoms with van der Waals surface area (Å²) in [5.74, 6) is 0. The van der Waals surface area contributed by atoms with E-state index < -0.39 is 13.0 Å². The summed E-state index contributed by atoms with van der Waals surface area (Å²) in [6.45, 7) is -0.558. The van der Waals surface area contributed by atoms with Crippen molar-refractivity contribution < 1.29 is 17.9 Å². The number of hydrogen-bond donors (Lipinski definition) is 0. The molecule has 0 bridgehead atoms. The molecule has 0 amide bonds. The molecule has 0 spiro atoms. The molecule has 0 heterocycles. The number of nitrogens with zero attached hydrogens (tertiary/aromatic N) is 1. The van der Waals surface area contributed by atoms with Gasteiger partial charge in [0.15, 0.2) is 0 Å². The summed E-state index contributed by atoms with van der Waals surface area (Å²) < 4.78 is 36.8. The fourth-order valence-corrected chi connectivity index (χ4v) is 0.277. The topological polar surface area (TPSA) is 33.0 Å². The van der Waals surface area contributed by atoms with Crippen LogP contribution < -0.4 is 0 Å². The van der Waals surface area contributed by atoms with Crippen molar-refractivity contribution >= 4 is 0 Å². The first kappa shape index (κ1) is 9.24. The second-order valence-electron chi connectivity index (χ2n) is 1.41. The number of hydrogen-bond acceptors (Lipinski definition) is 2. The summed E-state index contributed by atoms with van der Waals surface area (Å²) in [6, 6.07) is 1.65. The molecule has 0 aliphatic carbocycles. The number of alkyl halides is 3. The highest BCUT2D eigenvalue weighted by Crippen LogP contribution is 2.15. The summed E-state index contributed by atoms with van der Waals surface area (Å²) in [6.07, 6.45) is -3.52. The van der Waals surface area contributed by atoms with Gasteiger partial charge in [0.05, 0.1) is 12.7 Å². The highest BCUT2D eigenvalue weighted by atomic mass is 19.4. The molecule has 0 saturated carbocycles. The summed E-state index contributed by atoms with van der Waals surface area (Å²) in [5.41, 5.74) is 0. The van der Waals surface area contributed by atoms with E-state index >= 15 is 0 Å². The van der Waals surface area contributed by atoms with Gasteiger partial charge in [-0.3, -0.25) is 4.74 Å². The van der Waals surface area contributed by atoms with E-state index in [0.29, 0.717) is 0 Å². The smallest absolute Gasteiger partial charge is 0.292 e. The molecule has 0 aromatic rings. The Morgan fingerprint density at radius 1 is 1.50 bits per heavy atom. The molecular weight excluding hydrogens is 147 g/mol. The van der Waals surface area contributed by atoms with Crippen molar-refractivity contribution in [2.75, 3.05) is 6.61 Å². The second kappa shape index (κ2) is 4.12. The summed E-state index contributed by atoms with van der Waals surface area (Å²) in [4.78, 5) is 0. The number of ether oxygens (including phenoxy) is 1. The van der Waals surface area contributed by atoms with E-state index in [1.807, 2.05) is 0 Å². The molecule has 0 rings (SSSR count). The first-order chi connectivity index (χ1) is 4.56. The van der Waals surface area contributed by atoms with Crippen molar-refractivity contribution in [1.82, 2.24) is 0 Å². The molecule has 2 nitrogen and oxygen atoms in total. The van der Waals surface area contributed by atoms with Crippen LogP contribution >= 0.6 is 0 Å². The zero-order valence-corrected chi connectivity index (χ0v) is 4.98. The zero-order valence-electron chi connectivity index (χ0n) is 4.98. The van der Waals surface area contributed by atoms with Crippen LogP contribution in [0.3, 0.4) is 0 Å². The molecule has 1 radical (unpaired) electrons. The van der Waals surface area contributed by atoms with E-state index in [1.54, 1.807) is 6.07 Å². The van der Waals surface area contributed by atoms with Gasteiger partial charge in [-0.05, 0) is 0 Å². The Bertz CT molecular complexity index is 126. The molecule has 0 N–H and O–H groups in total. The number of unbranched alkanes of at least 4 members (excludes halogenated alkanes) is 1. The predicted octanol–water partition coefficient (Wildman–Crippen LogP) is 1.64. The molecule has 0 saturated heterocycles. The van der Waals surface area contributed by atoms with Gasteiger partial charge >= 0.3 is 6.36 Å². The van der Waals surface area contributed by atoms with Crippen LogP contribution in [0.1, 0.15) is 6.42 Å². The van der Waals surface area contributed by atoms with E-state index in [4.69, 9.17) is 5.26 Å². The molecule has 0 aliphatic rings. The van der Waals surface area contributed by atoms with Crippen molar-refractivity contribution in [3.05, 3.63) is 6.42 Å². The first-order valence-corrected chi connectivity index (χ1v) is 2.45. The van der Waals surface area contributed by atoms with Crippen LogP contribution in [0.25, 0.3) is 0 Å².